The molecule has 9 nitrogen and oxygen atoms in total. The van der Waals surface area contributed by atoms with E-state index < -0.39 is 15.3 Å². The number of anilines is 1. The Morgan fingerprint density at radius 2 is 1.53 bits per heavy atom. The normalized spacial score (nSPS) is 14.2. The summed E-state index contributed by atoms with van der Waals surface area (Å²) < 4.78 is 1.95. The van der Waals surface area contributed by atoms with Crippen LogP contribution in [0.5, 0.6) is 5.75 Å². The van der Waals surface area contributed by atoms with E-state index in [0.717, 1.165) is 28.2 Å². The minimum atomic E-state index is -0.599. The zero-order chi connectivity index (χ0) is 26.2. The van der Waals surface area contributed by atoms with Crippen molar-refractivity contribution in [3.8, 4) is 5.75 Å². The smallest absolute Gasteiger partial charge is 0.270 e. The summed E-state index contributed by atoms with van der Waals surface area (Å²) in [5, 5.41) is 33.3. The van der Waals surface area contributed by atoms with Gasteiger partial charge in [0.15, 0.2) is 12.3 Å². The van der Waals surface area contributed by atoms with E-state index in [4.69, 9.17) is 0 Å². The summed E-state index contributed by atoms with van der Waals surface area (Å²) >= 11 is 0. The van der Waals surface area contributed by atoms with E-state index in [1.165, 1.54) is 24.3 Å². The lowest BCUT2D eigenvalue weighted by atomic mass is 9.81. The highest BCUT2D eigenvalue weighted by atomic mass is 16.6. The monoisotopic (exact) mass is 487 g/mol. The molecule has 1 heterocycles. The molecular weight excluding hydrogens is 460 g/mol. The Bertz CT molecular complexity index is 1420. The Kier molecular flexibility index (Phi) is 6.32. The van der Waals surface area contributed by atoms with Crippen molar-refractivity contribution in [3.05, 3.63) is 104 Å². The molecule has 0 radical (unpaired) electrons. The molecule has 0 unspecified atom stereocenters. The molecule has 4 rings (SSSR count). The average molecular weight is 488 g/mol. The number of nitro benzene ring substituents is 2. The highest BCUT2D eigenvalue weighted by Crippen LogP contribution is 2.43. The predicted molar refractivity (Wildman–Crippen MR) is 139 cm³/mol. The van der Waals surface area contributed by atoms with Crippen molar-refractivity contribution in [2.24, 2.45) is 0 Å². The van der Waals surface area contributed by atoms with Crippen molar-refractivity contribution in [2.75, 3.05) is 19.0 Å². The first-order chi connectivity index (χ1) is 17.0. The number of fused-ring (bicyclic) bond motifs is 1. The average Bonchev–Trinajstić information content (AvgIpc) is 3.04. The van der Waals surface area contributed by atoms with Crippen LogP contribution in [0.25, 0.3) is 6.08 Å². The SMILES string of the molecule is CN(C)c1ccc(/C=C/C2=[N+](Cc3cc([N+](=O)[O-])ccc3O)c3ccc([N+](=O)[O-])cc3C2(C)C)cc1. The number of allylic oxidation sites excluding steroid dienone is 1. The molecule has 0 saturated carbocycles. The molecule has 3 aromatic carbocycles. The first kappa shape index (κ1) is 24.6. The van der Waals surface area contributed by atoms with E-state index in [1.54, 1.807) is 12.1 Å². The fourth-order valence-corrected chi connectivity index (χ4v) is 4.49. The minimum Gasteiger partial charge on any atom is -0.507 e. The molecule has 0 aliphatic carbocycles. The molecule has 184 valence electrons. The largest absolute Gasteiger partial charge is 0.507 e. The van der Waals surface area contributed by atoms with Gasteiger partial charge >= 0.3 is 0 Å². The molecule has 1 aliphatic heterocycles. The first-order valence-corrected chi connectivity index (χ1v) is 11.3. The topological polar surface area (TPSA) is 113 Å². The van der Waals surface area contributed by atoms with Gasteiger partial charge in [0.2, 0.25) is 5.69 Å². The van der Waals surface area contributed by atoms with Crippen LogP contribution in [0.2, 0.25) is 0 Å². The van der Waals surface area contributed by atoms with Gasteiger partial charge in [-0.15, -0.1) is 0 Å². The van der Waals surface area contributed by atoms with Crippen LogP contribution in [0.1, 0.15) is 30.5 Å². The predicted octanol–water partition coefficient (Wildman–Crippen LogP) is 5.56. The third-order valence-electron chi connectivity index (χ3n) is 6.53. The molecule has 0 fully saturated rings. The number of aromatic hydroxyl groups is 1. The van der Waals surface area contributed by atoms with Crippen LogP contribution in [0, 0.1) is 20.2 Å². The number of phenols is 1. The van der Waals surface area contributed by atoms with Crippen LogP contribution in [0.4, 0.5) is 22.7 Å². The van der Waals surface area contributed by atoms with Crippen LogP contribution in [-0.4, -0.2) is 39.3 Å². The standard InChI is InChI=1S/C27H26N4O5/c1-27(2)23-16-22(31(35)36)10-12-24(23)29(17-19-15-21(30(33)34)11-13-25(19)32)26(27)14-7-18-5-8-20(9-6-18)28(3)4/h5-16H,17H2,1-4H3/p+1. The highest BCUT2D eigenvalue weighted by Gasteiger charge is 2.45. The maximum atomic E-state index is 11.5. The zero-order valence-electron chi connectivity index (χ0n) is 20.5. The Balaban J connectivity index is 1.84. The van der Waals surface area contributed by atoms with E-state index in [2.05, 4.69) is 0 Å². The highest BCUT2D eigenvalue weighted by molar-refractivity contribution is 6.05. The zero-order valence-corrected chi connectivity index (χ0v) is 20.5. The molecule has 1 N–H and O–H groups in total. The second-order valence-electron chi connectivity index (χ2n) is 9.44. The van der Waals surface area contributed by atoms with E-state index in [9.17, 15) is 25.3 Å². The lowest BCUT2D eigenvalue weighted by Crippen LogP contribution is -2.27. The van der Waals surface area contributed by atoms with Gasteiger partial charge in [-0.05, 0) is 43.7 Å². The van der Waals surface area contributed by atoms with Crippen molar-refractivity contribution in [1.29, 1.82) is 0 Å². The van der Waals surface area contributed by atoms with Gasteiger partial charge in [0, 0.05) is 61.8 Å². The third kappa shape index (κ3) is 4.55. The minimum absolute atomic E-state index is 0.00975. The van der Waals surface area contributed by atoms with E-state index >= 15 is 0 Å². The maximum absolute atomic E-state index is 11.5. The summed E-state index contributed by atoms with van der Waals surface area (Å²) in [6.45, 7) is 4.12. The van der Waals surface area contributed by atoms with Crippen LogP contribution in [0.15, 0.2) is 66.7 Å². The molecule has 0 amide bonds. The second-order valence-corrected chi connectivity index (χ2v) is 9.44. The first-order valence-electron chi connectivity index (χ1n) is 11.3. The lowest BCUT2D eigenvalue weighted by Gasteiger charge is -2.15. The van der Waals surface area contributed by atoms with E-state index in [1.807, 2.05) is 73.8 Å². The van der Waals surface area contributed by atoms with E-state index in [0.29, 0.717) is 5.56 Å². The number of hydrogen-bond donors (Lipinski definition) is 1. The number of nitro groups is 2. The Hall–Kier alpha value is -4.53. The molecule has 9 heteroatoms. The quantitative estimate of drug-likeness (QED) is 0.265. The number of nitrogens with zero attached hydrogens (tertiary/aromatic N) is 4. The summed E-state index contributed by atoms with van der Waals surface area (Å²) in [6.07, 6.45) is 3.93. The molecule has 0 atom stereocenters. The van der Waals surface area contributed by atoms with Gasteiger partial charge in [-0.2, -0.15) is 4.58 Å². The van der Waals surface area contributed by atoms with Gasteiger partial charge in [0.25, 0.3) is 11.4 Å². The Morgan fingerprint density at radius 1 is 0.917 bits per heavy atom. The molecule has 0 spiro atoms. The van der Waals surface area contributed by atoms with Gasteiger partial charge in [0.05, 0.1) is 20.8 Å². The van der Waals surface area contributed by atoms with Crippen molar-refractivity contribution in [1.82, 2.24) is 0 Å². The van der Waals surface area contributed by atoms with Gasteiger partial charge in [-0.25, -0.2) is 0 Å². The third-order valence-corrected chi connectivity index (χ3v) is 6.53. The maximum Gasteiger partial charge on any atom is 0.270 e. The van der Waals surface area contributed by atoms with Crippen molar-refractivity contribution >= 4 is 34.5 Å². The van der Waals surface area contributed by atoms with Crippen LogP contribution >= 0.6 is 0 Å². The number of rotatable bonds is 7. The van der Waals surface area contributed by atoms with Gasteiger partial charge in [-0.1, -0.05) is 12.1 Å². The molecule has 36 heavy (non-hydrogen) atoms. The second kappa shape index (κ2) is 9.26. The van der Waals surface area contributed by atoms with Gasteiger partial charge < -0.3 is 10.0 Å². The molecule has 0 saturated heterocycles. The molecule has 0 bridgehead atoms. The van der Waals surface area contributed by atoms with Crippen molar-refractivity contribution in [3.63, 3.8) is 0 Å². The number of non-ortho nitro benzene ring substituents is 2. The van der Waals surface area contributed by atoms with Crippen LogP contribution in [-0.2, 0) is 12.0 Å². The fourth-order valence-electron chi connectivity index (χ4n) is 4.49. The summed E-state index contributed by atoms with van der Waals surface area (Å²) in [6, 6.07) is 16.7. The summed E-state index contributed by atoms with van der Waals surface area (Å²) in [4.78, 5) is 23.9. The summed E-state index contributed by atoms with van der Waals surface area (Å²) in [7, 11) is 3.94. The number of hydrogen-bond acceptors (Lipinski definition) is 6. The van der Waals surface area contributed by atoms with Crippen molar-refractivity contribution < 1.29 is 19.5 Å². The molecule has 0 aromatic heterocycles. The molecule has 3 aromatic rings. The van der Waals surface area contributed by atoms with Crippen LogP contribution in [0.3, 0.4) is 0 Å². The number of benzene rings is 3. The summed E-state index contributed by atoms with van der Waals surface area (Å²) in [5.74, 6) is -0.0589. The number of phenolic OH excluding ortho intramolecular Hbond substituents is 1. The Morgan fingerprint density at radius 3 is 2.14 bits per heavy atom. The Labute approximate surface area is 208 Å². The van der Waals surface area contributed by atoms with E-state index in [-0.39, 0.29) is 23.7 Å². The molecule has 1 aliphatic rings. The van der Waals surface area contributed by atoms with Crippen LogP contribution < -0.4 is 4.90 Å². The van der Waals surface area contributed by atoms with Crippen molar-refractivity contribution in [2.45, 2.75) is 25.8 Å². The lowest BCUT2D eigenvalue weighted by molar-refractivity contribution is -0.455. The van der Waals surface area contributed by atoms with Gasteiger partial charge in [0.1, 0.15) is 5.75 Å². The molecular formula is C27H27N4O5+. The fraction of sp³-hybridized carbons (Fsp3) is 0.222. The summed E-state index contributed by atoms with van der Waals surface area (Å²) in [5.41, 5.74) is 4.06. The van der Waals surface area contributed by atoms with Gasteiger partial charge in [-0.3, -0.25) is 20.2 Å².